The molecule has 7 heteroatoms. The van der Waals surface area contributed by atoms with Crippen LogP contribution < -0.4 is 0 Å². The van der Waals surface area contributed by atoms with Crippen molar-refractivity contribution in [1.82, 2.24) is 4.90 Å². The molecule has 0 radical (unpaired) electrons. The van der Waals surface area contributed by atoms with Crippen molar-refractivity contribution < 1.29 is 23.1 Å². The van der Waals surface area contributed by atoms with Crippen molar-refractivity contribution in [2.45, 2.75) is 6.43 Å². The van der Waals surface area contributed by atoms with E-state index in [1.54, 1.807) is 0 Å². The van der Waals surface area contributed by atoms with Gasteiger partial charge in [0.2, 0.25) is 5.91 Å². The Labute approximate surface area is 119 Å². The van der Waals surface area contributed by atoms with E-state index in [0.29, 0.717) is 5.56 Å². The third kappa shape index (κ3) is 5.22. The molecule has 0 aliphatic rings. The summed E-state index contributed by atoms with van der Waals surface area (Å²) in [4.78, 5) is 12.5. The molecule has 0 aliphatic carbocycles. The molecule has 3 nitrogen and oxygen atoms in total. The number of hydrogen-bond donors (Lipinski definition) is 1. The maximum Gasteiger partial charge on any atom is 0.255 e. The van der Waals surface area contributed by atoms with Gasteiger partial charge in [-0.2, -0.15) is 0 Å². The highest BCUT2D eigenvalue weighted by Gasteiger charge is 2.15. The van der Waals surface area contributed by atoms with Gasteiger partial charge in [-0.25, -0.2) is 13.2 Å². The van der Waals surface area contributed by atoms with Gasteiger partial charge in [-0.15, -0.1) is 0 Å². The molecule has 20 heavy (non-hydrogen) atoms. The molecule has 0 heterocycles. The van der Waals surface area contributed by atoms with Crippen LogP contribution in [0, 0.1) is 5.82 Å². The number of carbonyl (C=O) groups excluding carboxylic acids is 1. The van der Waals surface area contributed by atoms with E-state index in [2.05, 4.69) is 0 Å². The molecule has 0 aliphatic heterocycles. The van der Waals surface area contributed by atoms with Gasteiger partial charge in [-0.05, 0) is 23.8 Å². The molecule has 0 fully saturated rings. The lowest BCUT2D eigenvalue weighted by Gasteiger charge is -2.19. The largest absolute Gasteiger partial charge is 0.395 e. The lowest BCUT2D eigenvalue weighted by Crippen LogP contribution is -2.36. The number of hydrogen-bond acceptors (Lipinski definition) is 2. The molecular formula is C13H13ClF3NO2. The smallest absolute Gasteiger partial charge is 0.255 e. The molecule has 0 saturated carbocycles. The third-order valence-electron chi connectivity index (χ3n) is 2.40. The summed E-state index contributed by atoms with van der Waals surface area (Å²) >= 11 is 5.57. The van der Waals surface area contributed by atoms with Crippen LogP contribution in [0.25, 0.3) is 6.08 Å². The Kier molecular flexibility index (Phi) is 6.54. The van der Waals surface area contributed by atoms with Crippen molar-refractivity contribution in [3.63, 3.8) is 0 Å². The molecule has 0 atom stereocenters. The molecule has 110 valence electrons. The van der Waals surface area contributed by atoms with Crippen molar-refractivity contribution in [2.75, 3.05) is 19.7 Å². The Balaban J connectivity index is 2.75. The number of halogens is 4. The van der Waals surface area contributed by atoms with Crippen LogP contribution >= 0.6 is 11.6 Å². The topological polar surface area (TPSA) is 40.5 Å². The van der Waals surface area contributed by atoms with E-state index in [0.717, 1.165) is 17.0 Å². The maximum absolute atomic E-state index is 12.9. The van der Waals surface area contributed by atoms with Crippen LogP contribution in [0.1, 0.15) is 5.56 Å². The fourth-order valence-electron chi connectivity index (χ4n) is 1.47. The van der Waals surface area contributed by atoms with Crippen LogP contribution in [0.4, 0.5) is 13.2 Å². The monoisotopic (exact) mass is 307 g/mol. The second-order valence-corrected chi connectivity index (χ2v) is 4.31. The van der Waals surface area contributed by atoms with Crippen LogP contribution in [-0.4, -0.2) is 42.0 Å². The number of nitrogens with zero attached hydrogens (tertiary/aromatic N) is 1. The molecule has 0 unspecified atom stereocenters. The second-order valence-electron chi connectivity index (χ2n) is 3.91. The van der Waals surface area contributed by atoms with Crippen LogP contribution in [0.2, 0.25) is 5.02 Å². The lowest BCUT2D eigenvalue weighted by molar-refractivity contribution is -0.128. The molecule has 0 spiro atoms. The normalized spacial score (nSPS) is 11.3. The van der Waals surface area contributed by atoms with Crippen molar-refractivity contribution in [3.8, 4) is 0 Å². The highest BCUT2D eigenvalue weighted by atomic mass is 35.5. The summed E-state index contributed by atoms with van der Waals surface area (Å²) in [6, 6.07) is 3.84. The summed E-state index contributed by atoms with van der Waals surface area (Å²) < 4.78 is 37.5. The number of aliphatic hydroxyl groups excluding tert-OH is 1. The van der Waals surface area contributed by atoms with E-state index in [-0.39, 0.29) is 11.6 Å². The summed E-state index contributed by atoms with van der Waals surface area (Å²) in [6.45, 7) is -1.35. The highest BCUT2D eigenvalue weighted by Crippen LogP contribution is 2.17. The minimum atomic E-state index is -2.68. The van der Waals surface area contributed by atoms with E-state index < -0.39 is 31.3 Å². The average Bonchev–Trinajstić information content (AvgIpc) is 2.39. The summed E-state index contributed by atoms with van der Waals surface area (Å²) in [7, 11) is 0. The first-order chi connectivity index (χ1) is 9.43. The minimum absolute atomic E-state index is 0.0978. The molecule has 1 rings (SSSR count). The van der Waals surface area contributed by atoms with Crippen LogP contribution in [-0.2, 0) is 4.79 Å². The minimum Gasteiger partial charge on any atom is -0.395 e. The molecule has 1 amide bonds. The number of aliphatic hydroxyl groups is 1. The predicted octanol–water partition coefficient (Wildman–Crippen LogP) is 2.58. The fraction of sp³-hybridized carbons (Fsp3) is 0.308. The van der Waals surface area contributed by atoms with Crippen molar-refractivity contribution in [1.29, 1.82) is 0 Å². The third-order valence-corrected chi connectivity index (χ3v) is 2.69. The Hall–Kier alpha value is -1.53. The fourth-order valence-corrected chi connectivity index (χ4v) is 1.66. The summed E-state index contributed by atoms with van der Waals surface area (Å²) in [6.07, 6.45) is -0.273. The molecule has 1 N–H and O–H groups in total. The van der Waals surface area contributed by atoms with Gasteiger partial charge in [-0.1, -0.05) is 17.7 Å². The zero-order chi connectivity index (χ0) is 15.1. The van der Waals surface area contributed by atoms with Gasteiger partial charge >= 0.3 is 0 Å². The van der Waals surface area contributed by atoms with Gasteiger partial charge < -0.3 is 10.0 Å². The molecule has 1 aromatic carbocycles. The van der Waals surface area contributed by atoms with E-state index in [9.17, 15) is 18.0 Å². The molecule has 1 aromatic rings. The average molecular weight is 308 g/mol. The number of benzene rings is 1. The molecule has 0 aromatic heterocycles. The van der Waals surface area contributed by atoms with Gasteiger partial charge in [0.1, 0.15) is 5.82 Å². The number of carbonyl (C=O) groups is 1. The zero-order valence-corrected chi connectivity index (χ0v) is 11.2. The Morgan fingerprint density at radius 1 is 1.45 bits per heavy atom. The zero-order valence-electron chi connectivity index (χ0n) is 10.4. The van der Waals surface area contributed by atoms with Gasteiger partial charge in [0.15, 0.2) is 0 Å². The predicted molar refractivity (Wildman–Crippen MR) is 70.1 cm³/mol. The van der Waals surface area contributed by atoms with Gasteiger partial charge in [0.05, 0.1) is 18.2 Å². The standard InChI is InChI=1S/C13H13ClF3NO2/c14-10-7-9(1-3-11(10)15)2-4-13(20)18(5-6-19)8-12(16)17/h1-4,7,12,19H,5-6,8H2/b4-2+. The van der Waals surface area contributed by atoms with Crippen LogP contribution in [0.15, 0.2) is 24.3 Å². The van der Waals surface area contributed by atoms with Gasteiger partial charge in [0, 0.05) is 12.6 Å². The number of alkyl halides is 2. The van der Waals surface area contributed by atoms with E-state index >= 15 is 0 Å². The maximum atomic E-state index is 12.9. The van der Waals surface area contributed by atoms with Crippen LogP contribution in [0.3, 0.4) is 0 Å². The van der Waals surface area contributed by atoms with E-state index in [4.69, 9.17) is 16.7 Å². The Bertz CT molecular complexity index is 495. The lowest BCUT2D eigenvalue weighted by atomic mass is 10.2. The van der Waals surface area contributed by atoms with Crippen molar-refractivity contribution in [2.24, 2.45) is 0 Å². The Morgan fingerprint density at radius 3 is 2.70 bits per heavy atom. The number of rotatable bonds is 6. The molecular weight excluding hydrogens is 295 g/mol. The summed E-state index contributed by atoms with van der Waals surface area (Å²) in [5, 5.41) is 8.63. The van der Waals surface area contributed by atoms with Crippen LogP contribution in [0.5, 0.6) is 0 Å². The molecule has 0 saturated heterocycles. The second kappa shape index (κ2) is 7.91. The summed E-state index contributed by atoms with van der Waals surface area (Å²) in [5.41, 5.74) is 0.464. The van der Waals surface area contributed by atoms with E-state index in [1.165, 1.54) is 18.2 Å². The first-order valence-electron chi connectivity index (χ1n) is 5.75. The quantitative estimate of drug-likeness (QED) is 0.821. The van der Waals surface area contributed by atoms with Crippen molar-refractivity contribution in [3.05, 3.63) is 40.7 Å². The SMILES string of the molecule is O=C(/C=C/c1ccc(F)c(Cl)c1)N(CCO)CC(F)F. The first kappa shape index (κ1) is 16.5. The molecule has 0 bridgehead atoms. The summed E-state index contributed by atoms with van der Waals surface area (Å²) in [5.74, 6) is -1.26. The highest BCUT2D eigenvalue weighted by molar-refractivity contribution is 6.30. The van der Waals surface area contributed by atoms with Gasteiger partial charge in [-0.3, -0.25) is 4.79 Å². The van der Waals surface area contributed by atoms with Crippen molar-refractivity contribution >= 4 is 23.6 Å². The number of amides is 1. The van der Waals surface area contributed by atoms with E-state index in [1.807, 2.05) is 0 Å². The first-order valence-corrected chi connectivity index (χ1v) is 6.13. The van der Waals surface area contributed by atoms with Gasteiger partial charge in [0.25, 0.3) is 6.43 Å². The Morgan fingerprint density at radius 2 is 2.15 bits per heavy atom.